The first-order valence-electron chi connectivity index (χ1n) is 8.84. The van der Waals surface area contributed by atoms with Crippen molar-refractivity contribution < 1.29 is 4.74 Å². The van der Waals surface area contributed by atoms with Crippen molar-refractivity contribution in [2.75, 3.05) is 13.2 Å². The summed E-state index contributed by atoms with van der Waals surface area (Å²) in [5.41, 5.74) is 0.418. The van der Waals surface area contributed by atoms with Gasteiger partial charge in [-0.1, -0.05) is 53.9 Å². The van der Waals surface area contributed by atoms with Gasteiger partial charge in [0.25, 0.3) is 0 Å². The van der Waals surface area contributed by atoms with E-state index >= 15 is 0 Å². The second kappa shape index (κ2) is 9.04. The minimum atomic E-state index is 0.418. The molecule has 0 radical (unpaired) electrons. The van der Waals surface area contributed by atoms with Gasteiger partial charge in [-0.25, -0.2) is 0 Å². The standard InChI is InChI=1S/C18H37NO/c1-6-8-9-10-13-20-17-14-15(18(3,4)5)11-12-16(17)19-7-2/h15-17,19H,6-14H2,1-5H3. The molecule has 0 aromatic heterocycles. The predicted molar refractivity (Wildman–Crippen MR) is 88.1 cm³/mol. The number of hydrogen-bond acceptors (Lipinski definition) is 2. The van der Waals surface area contributed by atoms with Gasteiger partial charge < -0.3 is 10.1 Å². The Morgan fingerprint density at radius 3 is 2.40 bits per heavy atom. The molecule has 0 aliphatic heterocycles. The van der Waals surface area contributed by atoms with Gasteiger partial charge in [0.2, 0.25) is 0 Å². The van der Waals surface area contributed by atoms with Gasteiger partial charge in [-0.05, 0) is 43.6 Å². The highest BCUT2D eigenvalue weighted by Gasteiger charge is 2.35. The van der Waals surface area contributed by atoms with Crippen molar-refractivity contribution in [2.45, 2.75) is 91.7 Å². The highest BCUT2D eigenvalue weighted by Crippen LogP contribution is 2.38. The van der Waals surface area contributed by atoms with Gasteiger partial charge >= 0.3 is 0 Å². The Bertz CT molecular complexity index is 246. The summed E-state index contributed by atoms with van der Waals surface area (Å²) in [6.45, 7) is 13.6. The van der Waals surface area contributed by atoms with E-state index in [9.17, 15) is 0 Å². The largest absolute Gasteiger partial charge is 0.377 e. The third-order valence-corrected chi connectivity index (χ3v) is 4.81. The van der Waals surface area contributed by atoms with Crippen molar-refractivity contribution in [3.8, 4) is 0 Å². The molecule has 1 aliphatic carbocycles. The number of hydrogen-bond donors (Lipinski definition) is 1. The molecule has 120 valence electrons. The van der Waals surface area contributed by atoms with E-state index in [0.717, 1.165) is 19.1 Å². The Balaban J connectivity index is 2.42. The van der Waals surface area contributed by atoms with Crippen molar-refractivity contribution in [1.82, 2.24) is 5.32 Å². The lowest BCUT2D eigenvalue weighted by Crippen LogP contribution is -2.47. The molecule has 1 fully saturated rings. The first kappa shape index (κ1) is 18.0. The lowest BCUT2D eigenvalue weighted by molar-refractivity contribution is -0.0286. The molecule has 0 amide bonds. The fourth-order valence-corrected chi connectivity index (χ4v) is 3.36. The summed E-state index contributed by atoms with van der Waals surface area (Å²) < 4.78 is 6.26. The van der Waals surface area contributed by atoms with E-state index in [1.165, 1.54) is 44.9 Å². The van der Waals surface area contributed by atoms with Crippen LogP contribution >= 0.6 is 0 Å². The molecule has 3 unspecified atom stereocenters. The number of ether oxygens (including phenoxy) is 1. The van der Waals surface area contributed by atoms with E-state index in [4.69, 9.17) is 4.74 Å². The summed E-state index contributed by atoms with van der Waals surface area (Å²) in [6.07, 6.45) is 9.46. The lowest BCUT2D eigenvalue weighted by atomic mass is 9.70. The Labute approximate surface area is 127 Å². The van der Waals surface area contributed by atoms with Crippen LogP contribution in [0.15, 0.2) is 0 Å². The monoisotopic (exact) mass is 283 g/mol. The van der Waals surface area contributed by atoms with Crippen LogP contribution in [-0.4, -0.2) is 25.3 Å². The highest BCUT2D eigenvalue weighted by molar-refractivity contribution is 4.89. The van der Waals surface area contributed by atoms with Crippen molar-refractivity contribution in [2.24, 2.45) is 11.3 Å². The number of likely N-dealkylation sites (N-methyl/N-ethyl adjacent to an activating group) is 1. The molecule has 2 nitrogen and oxygen atoms in total. The molecule has 1 rings (SSSR count). The molecule has 0 bridgehead atoms. The van der Waals surface area contributed by atoms with E-state index in [-0.39, 0.29) is 0 Å². The molecule has 2 heteroatoms. The SMILES string of the molecule is CCCCCCOC1CC(C(C)(C)C)CCC1NCC. The molecular formula is C18H37NO. The average Bonchev–Trinajstić information content (AvgIpc) is 2.39. The number of unbranched alkanes of at least 4 members (excludes halogenated alkanes) is 3. The van der Waals surface area contributed by atoms with E-state index in [1.54, 1.807) is 0 Å². The van der Waals surface area contributed by atoms with Gasteiger partial charge in [0.1, 0.15) is 0 Å². The Morgan fingerprint density at radius 2 is 1.80 bits per heavy atom. The fraction of sp³-hybridized carbons (Fsp3) is 1.00. The lowest BCUT2D eigenvalue weighted by Gasteiger charge is -2.42. The molecule has 1 N–H and O–H groups in total. The maximum atomic E-state index is 6.26. The van der Waals surface area contributed by atoms with Crippen LogP contribution < -0.4 is 5.32 Å². The average molecular weight is 284 g/mol. The zero-order valence-electron chi connectivity index (χ0n) is 14.5. The molecule has 20 heavy (non-hydrogen) atoms. The predicted octanol–water partition coefficient (Wildman–Crippen LogP) is 4.78. The van der Waals surface area contributed by atoms with Gasteiger partial charge in [0, 0.05) is 12.6 Å². The molecule has 0 spiro atoms. The quantitative estimate of drug-likeness (QED) is 0.647. The molecule has 3 atom stereocenters. The normalized spacial score (nSPS) is 27.8. The zero-order chi connectivity index (χ0) is 15.0. The molecule has 0 saturated heterocycles. The third kappa shape index (κ3) is 6.13. The minimum Gasteiger partial charge on any atom is -0.377 e. The smallest absolute Gasteiger partial charge is 0.0730 e. The highest BCUT2D eigenvalue weighted by atomic mass is 16.5. The summed E-state index contributed by atoms with van der Waals surface area (Å²) in [4.78, 5) is 0. The Hall–Kier alpha value is -0.0800. The van der Waals surface area contributed by atoms with Gasteiger partial charge in [-0.2, -0.15) is 0 Å². The summed E-state index contributed by atoms with van der Waals surface area (Å²) >= 11 is 0. The Kier molecular flexibility index (Phi) is 8.13. The van der Waals surface area contributed by atoms with Gasteiger partial charge in [-0.3, -0.25) is 0 Å². The summed E-state index contributed by atoms with van der Waals surface area (Å²) in [5, 5.41) is 3.63. The third-order valence-electron chi connectivity index (χ3n) is 4.81. The maximum absolute atomic E-state index is 6.26. The van der Waals surface area contributed by atoms with Crippen molar-refractivity contribution in [1.29, 1.82) is 0 Å². The fourth-order valence-electron chi connectivity index (χ4n) is 3.36. The van der Waals surface area contributed by atoms with Gasteiger partial charge in [0.05, 0.1) is 6.10 Å². The van der Waals surface area contributed by atoms with Crippen LogP contribution in [0.5, 0.6) is 0 Å². The van der Waals surface area contributed by atoms with Crippen LogP contribution in [0.25, 0.3) is 0 Å². The van der Waals surface area contributed by atoms with Crippen molar-refractivity contribution in [3.05, 3.63) is 0 Å². The van der Waals surface area contributed by atoms with Crippen molar-refractivity contribution >= 4 is 0 Å². The number of rotatable bonds is 8. The number of nitrogens with one attached hydrogen (secondary N) is 1. The van der Waals surface area contributed by atoms with E-state index < -0.39 is 0 Å². The first-order chi connectivity index (χ1) is 9.49. The van der Waals surface area contributed by atoms with Crippen LogP contribution in [0.4, 0.5) is 0 Å². The molecule has 0 heterocycles. The minimum absolute atomic E-state index is 0.418. The summed E-state index contributed by atoms with van der Waals surface area (Å²) in [7, 11) is 0. The Morgan fingerprint density at radius 1 is 1.05 bits per heavy atom. The van der Waals surface area contributed by atoms with E-state index in [2.05, 4.69) is 39.9 Å². The van der Waals surface area contributed by atoms with Gasteiger partial charge in [-0.15, -0.1) is 0 Å². The maximum Gasteiger partial charge on any atom is 0.0730 e. The van der Waals surface area contributed by atoms with Crippen LogP contribution in [0.2, 0.25) is 0 Å². The second-order valence-electron chi connectivity index (χ2n) is 7.51. The van der Waals surface area contributed by atoms with Crippen molar-refractivity contribution in [3.63, 3.8) is 0 Å². The van der Waals surface area contributed by atoms with E-state index in [1.807, 2.05) is 0 Å². The van der Waals surface area contributed by atoms with E-state index in [0.29, 0.717) is 17.6 Å². The van der Waals surface area contributed by atoms with Crippen LogP contribution in [-0.2, 0) is 4.74 Å². The molecule has 0 aromatic rings. The molecule has 1 aliphatic rings. The topological polar surface area (TPSA) is 21.3 Å². The summed E-state index contributed by atoms with van der Waals surface area (Å²) in [6, 6.07) is 0.574. The van der Waals surface area contributed by atoms with Gasteiger partial charge in [0.15, 0.2) is 0 Å². The summed E-state index contributed by atoms with van der Waals surface area (Å²) in [5.74, 6) is 0.804. The molecular weight excluding hydrogens is 246 g/mol. The van der Waals surface area contributed by atoms with Crippen LogP contribution in [0, 0.1) is 11.3 Å². The molecule has 0 aromatic carbocycles. The molecule has 1 saturated carbocycles. The van der Waals surface area contributed by atoms with Crippen LogP contribution in [0.1, 0.15) is 79.6 Å². The second-order valence-corrected chi connectivity index (χ2v) is 7.51. The van der Waals surface area contributed by atoms with Crippen LogP contribution in [0.3, 0.4) is 0 Å². The first-order valence-corrected chi connectivity index (χ1v) is 8.84. The zero-order valence-corrected chi connectivity index (χ0v) is 14.5.